The Morgan fingerprint density at radius 2 is 1.82 bits per heavy atom. The number of aryl methyl sites for hydroxylation is 2. The van der Waals surface area contributed by atoms with Crippen LogP contribution in [0.25, 0.3) is 0 Å². The summed E-state index contributed by atoms with van der Waals surface area (Å²) in [5, 5.41) is 10.4. The Bertz CT molecular complexity index is 933. The highest BCUT2D eigenvalue weighted by Crippen LogP contribution is 2.27. The standard InChI is InChI=1S/C22H24ClN3OS/c1-5-10-26-21(17(4)27-20-12-15(2)11-16(3)13-20)24-25-22(26)28-14-18-6-8-19(23)9-7-18/h5-9,11-13,17H,1,10,14H2,2-4H3. The molecule has 0 saturated heterocycles. The predicted octanol–water partition coefficient (Wildman–Crippen LogP) is 6.17. The van der Waals surface area contributed by atoms with E-state index < -0.39 is 0 Å². The van der Waals surface area contributed by atoms with E-state index in [4.69, 9.17) is 16.3 Å². The monoisotopic (exact) mass is 413 g/mol. The molecule has 0 radical (unpaired) electrons. The van der Waals surface area contributed by atoms with Crippen LogP contribution in [0, 0.1) is 13.8 Å². The molecule has 0 saturated carbocycles. The third-order valence-electron chi connectivity index (χ3n) is 4.21. The molecular weight excluding hydrogens is 390 g/mol. The second-order valence-corrected chi connectivity index (χ2v) is 8.12. The second-order valence-electron chi connectivity index (χ2n) is 6.74. The van der Waals surface area contributed by atoms with Crippen LogP contribution < -0.4 is 4.74 Å². The van der Waals surface area contributed by atoms with Gasteiger partial charge < -0.3 is 4.74 Å². The first-order chi connectivity index (χ1) is 13.5. The van der Waals surface area contributed by atoms with Gasteiger partial charge in [0.05, 0.1) is 0 Å². The van der Waals surface area contributed by atoms with Gasteiger partial charge in [-0.25, -0.2) is 0 Å². The molecule has 6 heteroatoms. The van der Waals surface area contributed by atoms with E-state index in [1.165, 1.54) is 16.7 Å². The van der Waals surface area contributed by atoms with Crippen molar-refractivity contribution in [3.8, 4) is 5.75 Å². The summed E-state index contributed by atoms with van der Waals surface area (Å²) in [7, 11) is 0. The van der Waals surface area contributed by atoms with Crippen LogP contribution in [-0.4, -0.2) is 14.8 Å². The van der Waals surface area contributed by atoms with E-state index in [-0.39, 0.29) is 6.10 Å². The van der Waals surface area contributed by atoms with Crippen molar-refractivity contribution in [3.05, 3.63) is 82.7 Å². The lowest BCUT2D eigenvalue weighted by Crippen LogP contribution is -2.12. The van der Waals surface area contributed by atoms with Crippen molar-refractivity contribution in [3.63, 3.8) is 0 Å². The molecule has 1 atom stereocenters. The van der Waals surface area contributed by atoms with Gasteiger partial charge in [-0.3, -0.25) is 4.57 Å². The van der Waals surface area contributed by atoms with Crippen molar-refractivity contribution >= 4 is 23.4 Å². The zero-order valence-electron chi connectivity index (χ0n) is 16.4. The van der Waals surface area contributed by atoms with E-state index in [2.05, 4.69) is 41.3 Å². The smallest absolute Gasteiger partial charge is 0.191 e. The zero-order valence-corrected chi connectivity index (χ0v) is 17.9. The summed E-state index contributed by atoms with van der Waals surface area (Å²) in [6.07, 6.45) is 1.63. The fourth-order valence-corrected chi connectivity index (χ4v) is 4.03. The average molecular weight is 414 g/mol. The van der Waals surface area contributed by atoms with E-state index in [0.717, 1.165) is 27.5 Å². The van der Waals surface area contributed by atoms with Crippen molar-refractivity contribution in [1.29, 1.82) is 0 Å². The highest BCUT2D eigenvalue weighted by atomic mass is 35.5. The van der Waals surface area contributed by atoms with E-state index >= 15 is 0 Å². The average Bonchev–Trinajstić information content (AvgIpc) is 3.03. The summed E-state index contributed by atoms with van der Waals surface area (Å²) in [5.74, 6) is 2.42. The van der Waals surface area contributed by atoms with E-state index in [9.17, 15) is 0 Å². The van der Waals surface area contributed by atoms with Gasteiger partial charge in [0, 0.05) is 17.3 Å². The molecule has 146 valence electrons. The molecule has 0 N–H and O–H groups in total. The zero-order chi connectivity index (χ0) is 20.1. The molecule has 0 amide bonds. The molecule has 0 fully saturated rings. The Balaban J connectivity index is 1.77. The summed E-state index contributed by atoms with van der Waals surface area (Å²) >= 11 is 7.60. The van der Waals surface area contributed by atoms with Crippen molar-refractivity contribution in [2.24, 2.45) is 0 Å². The fraction of sp³-hybridized carbons (Fsp3) is 0.273. The summed E-state index contributed by atoms with van der Waals surface area (Å²) in [4.78, 5) is 0. The van der Waals surface area contributed by atoms with Gasteiger partial charge in [-0.15, -0.1) is 16.8 Å². The molecule has 1 heterocycles. The van der Waals surface area contributed by atoms with Gasteiger partial charge >= 0.3 is 0 Å². The van der Waals surface area contributed by atoms with Crippen LogP contribution in [0.3, 0.4) is 0 Å². The highest BCUT2D eigenvalue weighted by Gasteiger charge is 2.19. The normalized spacial score (nSPS) is 12.0. The van der Waals surface area contributed by atoms with Gasteiger partial charge in [0.25, 0.3) is 0 Å². The van der Waals surface area contributed by atoms with Crippen molar-refractivity contribution in [1.82, 2.24) is 14.8 Å². The summed E-state index contributed by atoms with van der Waals surface area (Å²) in [6.45, 7) is 10.6. The molecule has 0 aliphatic carbocycles. The first-order valence-corrected chi connectivity index (χ1v) is 10.5. The Labute approximate surface area is 175 Å². The Morgan fingerprint density at radius 1 is 1.14 bits per heavy atom. The number of aromatic nitrogens is 3. The van der Waals surface area contributed by atoms with Crippen LogP contribution in [0.2, 0.25) is 5.02 Å². The number of rotatable bonds is 8. The first-order valence-electron chi connectivity index (χ1n) is 9.12. The van der Waals surface area contributed by atoms with Crippen molar-refractivity contribution in [2.45, 2.75) is 44.3 Å². The van der Waals surface area contributed by atoms with E-state index in [0.29, 0.717) is 6.54 Å². The molecule has 3 aromatic rings. The minimum Gasteiger partial charge on any atom is -0.483 e. The molecule has 1 aromatic heterocycles. The molecule has 28 heavy (non-hydrogen) atoms. The maximum absolute atomic E-state index is 6.16. The summed E-state index contributed by atoms with van der Waals surface area (Å²) < 4.78 is 8.21. The first kappa shape index (κ1) is 20.5. The van der Waals surface area contributed by atoms with Crippen molar-refractivity contribution < 1.29 is 4.74 Å². The molecule has 4 nitrogen and oxygen atoms in total. The number of nitrogens with zero attached hydrogens (tertiary/aromatic N) is 3. The van der Waals surface area contributed by atoms with Gasteiger partial charge in [-0.1, -0.05) is 47.6 Å². The van der Waals surface area contributed by atoms with E-state index in [1.54, 1.807) is 11.8 Å². The minimum atomic E-state index is -0.224. The predicted molar refractivity (Wildman–Crippen MR) is 116 cm³/mol. The minimum absolute atomic E-state index is 0.224. The lowest BCUT2D eigenvalue weighted by molar-refractivity contribution is 0.210. The van der Waals surface area contributed by atoms with Crippen LogP contribution in [0.15, 0.2) is 60.3 Å². The maximum atomic E-state index is 6.16. The number of hydrogen-bond acceptors (Lipinski definition) is 4. The third kappa shape index (κ3) is 5.18. The quantitative estimate of drug-likeness (QED) is 0.327. The molecule has 0 aliphatic heterocycles. The number of hydrogen-bond donors (Lipinski definition) is 0. The van der Waals surface area contributed by atoms with Gasteiger partial charge in [0.1, 0.15) is 5.75 Å². The molecule has 0 bridgehead atoms. The Morgan fingerprint density at radius 3 is 2.46 bits per heavy atom. The van der Waals surface area contributed by atoms with Gasteiger partial charge in [0.15, 0.2) is 17.1 Å². The van der Waals surface area contributed by atoms with Crippen LogP contribution in [0.4, 0.5) is 0 Å². The third-order valence-corrected chi connectivity index (χ3v) is 5.50. The lowest BCUT2D eigenvalue weighted by Gasteiger charge is -2.16. The number of thioether (sulfide) groups is 1. The summed E-state index contributed by atoms with van der Waals surface area (Å²) in [5.41, 5.74) is 3.53. The van der Waals surface area contributed by atoms with Crippen LogP contribution in [0.5, 0.6) is 5.75 Å². The topological polar surface area (TPSA) is 39.9 Å². The highest BCUT2D eigenvalue weighted by molar-refractivity contribution is 7.98. The number of halogens is 1. The Kier molecular flexibility index (Phi) is 6.81. The molecule has 2 aromatic carbocycles. The largest absolute Gasteiger partial charge is 0.483 e. The number of ether oxygens (including phenoxy) is 1. The van der Waals surface area contributed by atoms with Crippen LogP contribution in [0.1, 0.15) is 35.5 Å². The van der Waals surface area contributed by atoms with E-state index in [1.807, 2.05) is 49.4 Å². The summed E-state index contributed by atoms with van der Waals surface area (Å²) in [6, 6.07) is 14.0. The molecule has 0 aliphatic rings. The molecule has 3 rings (SSSR count). The van der Waals surface area contributed by atoms with Gasteiger partial charge in [-0.2, -0.15) is 0 Å². The fourth-order valence-electron chi connectivity index (χ4n) is 2.99. The Hall–Kier alpha value is -2.24. The van der Waals surface area contributed by atoms with Gasteiger partial charge in [-0.05, 0) is 61.7 Å². The van der Waals surface area contributed by atoms with Crippen LogP contribution >= 0.6 is 23.4 Å². The van der Waals surface area contributed by atoms with Gasteiger partial charge in [0.2, 0.25) is 0 Å². The van der Waals surface area contributed by atoms with Crippen LogP contribution in [-0.2, 0) is 12.3 Å². The SMILES string of the molecule is C=CCn1c(SCc2ccc(Cl)cc2)nnc1C(C)Oc1cc(C)cc(C)c1. The number of allylic oxidation sites excluding steroid dienone is 1. The number of benzene rings is 2. The molecule has 1 unspecified atom stereocenters. The second kappa shape index (κ2) is 9.30. The molecule has 0 spiro atoms. The van der Waals surface area contributed by atoms with Crippen molar-refractivity contribution in [2.75, 3.05) is 0 Å². The molecular formula is C22H24ClN3OS. The lowest BCUT2D eigenvalue weighted by atomic mass is 10.1. The maximum Gasteiger partial charge on any atom is 0.191 e.